The third-order valence-electron chi connectivity index (χ3n) is 5.20. The van der Waals surface area contributed by atoms with E-state index in [1.54, 1.807) is 4.90 Å². The van der Waals surface area contributed by atoms with E-state index in [4.69, 9.17) is 5.10 Å². The minimum atomic E-state index is 0.00199. The van der Waals surface area contributed by atoms with Crippen LogP contribution in [-0.2, 0) is 24.3 Å². The van der Waals surface area contributed by atoms with Crippen molar-refractivity contribution in [1.29, 1.82) is 0 Å². The largest absolute Gasteiger partial charge is 0.340 e. The molecule has 0 spiro atoms. The van der Waals surface area contributed by atoms with Gasteiger partial charge in [-0.3, -0.25) is 9.69 Å². The van der Waals surface area contributed by atoms with E-state index in [1.165, 1.54) is 16.8 Å². The van der Waals surface area contributed by atoms with Crippen molar-refractivity contribution in [2.24, 2.45) is 5.92 Å². The number of aryl methyl sites for hydroxylation is 1. The zero-order valence-corrected chi connectivity index (χ0v) is 16.6. The van der Waals surface area contributed by atoms with Crippen LogP contribution in [0, 0.1) is 12.8 Å². The Morgan fingerprint density at radius 1 is 1.27 bits per heavy atom. The fourth-order valence-electron chi connectivity index (χ4n) is 3.58. The first-order valence-electron chi connectivity index (χ1n) is 9.54. The normalized spacial score (nSPS) is 14.5. The predicted molar refractivity (Wildman–Crippen MR) is 104 cm³/mol. The van der Waals surface area contributed by atoms with Gasteiger partial charge in [-0.1, -0.05) is 38.5 Å². The van der Waals surface area contributed by atoms with Crippen molar-refractivity contribution in [3.05, 3.63) is 46.8 Å². The van der Waals surface area contributed by atoms with Crippen molar-refractivity contribution in [2.45, 2.75) is 47.2 Å². The van der Waals surface area contributed by atoms with Gasteiger partial charge >= 0.3 is 0 Å². The molecule has 0 bridgehead atoms. The van der Waals surface area contributed by atoms with Crippen LogP contribution in [0.3, 0.4) is 0 Å². The molecule has 5 heteroatoms. The lowest BCUT2D eigenvalue weighted by atomic mass is 10.0. The lowest BCUT2D eigenvalue weighted by Crippen LogP contribution is -2.33. The van der Waals surface area contributed by atoms with Crippen LogP contribution in [0.15, 0.2) is 24.3 Å². The molecule has 0 radical (unpaired) electrons. The molecule has 0 fully saturated rings. The fraction of sp³-hybridized carbons (Fsp3) is 0.524. The van der Waals surface area contributed by atoms with E-state index in [1.807, 2.05) is 20.9 Å². The first-order chi connectivity index (χ1) is 12.4. The van der Waals surface area contributed by atoms with Gasteiger partial charge in [0.1, 0.15) is 0 Å². The second kappa shape index (κ2) is 7.62. The van der Waals surface area contributed by atoms with E-state index in [9.17, 15) is 4.79 Å². The average Bonchev–Trinajstić information content (AvgIpc) is 2.99. The molecule has 0 aliphatic carbocycles. The molecule has 1 aliphatic heterocycles. The summed E-state index contributed by atoms with van der Waals surface area (Å²) < 4.78 is 2.09. The van der Waals surface area contributed by atoms with E-state index in [0.29, 0.717) is 6.54 Å². The number of aromatic nitrogens is 2. The molecule has 3 rings (SSSR count). The maximum atomic E-state index is 12.3. The van der Waals surface area contributed by atoms with Crippen molar-refractivity contribution in [3.8, 4) is 5.69 Å². The fourth-order valence-corrected chi connectivity index (χ4v) is 3.58. The van der Waals surface area contributed by atoms with Crippen LogP contribution >= 0.6 is 0 Å². The van der Waals surface area contributed by atoms with Crippen LogP contribution in [0.5, 0.6) is 0 Å². The lowest BCUT2D eigenvalue weighted by Gasteiger charge is -2.27. The maximum Gasteiger partial charge on any atom is 0.225 e. The second-order valence-electron chi connectivity index (χ2n) is 7.59. The molecule has 1 aliphatic rings. The summed E-state index contributed by atoms with van der Waals surface area (Å²) in [7, 11) is 1.88. The zero-order valence-electron chi connectivity index (χ0n) is 16.6. The van der Waals surface area contributed by atoms with Gasteiger partial charge < -0.3 is 4.90 Å². The van der Waals surface area contributed by atoms with E-state index >= 15 is 0 Å². The van der Waals surface area contributed by atoms with Crippen molar-refractivity contribution in [1.82, 2.24) is 19.6 Å². The number of likely N-dealkylation sites (N-methyl/N-ethyl adjacent to an activating group) is 1. The van der Waals surface area contributed by atoms with Gasteiger partial charge in [0.15, 0.2) is 0 Å². The summed E-state index contributed by atoms with van der Waals surface area (Å²) in [6.45, 7) is 11.8. The first kappa shape index (κ1) is 18.6. The van der Waals surface area contributed by atoms with Gasteiger partial charge in [-0.15, -0.1) is 0 Å². The second-order valence-corrected chi connectivity index (χ2v) is 7.59. The highest BCUT2D eigenvalue weighted by Crippen LogP contribution is 2.26. The predicted octanol–water partition coefficient (Wildman–Crippen LogP) is 3.17. The van der Waals surface area contributed by atoms with Crippen LogP contribution < -0.4 is 0 Å². The number of rotatable bonds is 5. The Kier molecular flexibility index (Phi) is 5.47. The minimum absolute atomic E-state index is 0.00199. The molecule has 26 heavy (non-hydrogen) atoms. The van der Waals surface area contributed by atoms with Crippen molar-refractivity contribution >= 4 is 5.91 Å². The maximum absolute atomic E-state index is 12.3. The SMILES string of the molecule is CCN1CCc2c(c(CN(C)C(=O)C(C)C)nn2-c2ccc(C)cc2)C1. The number of amides is 1. The zero-order chi connectivity index (χ0) is 18.8. The Morgan fingerprint density at radius 3 is 2.58 bits per heavy atom. The Balaban J connectivity index is 1.98. The summed E-state index contributed by atoms with van der Waals surface area (Å²) in [4.78, 5) is 16.6. The van der Waals surface area contributed by atoms with Gasteiger partial charge in [0.05, 0.1) is 23.6 Å². The number of hydrogen-bond acceptors (Lipinski definition) is 3. The number of hydrogen-bond donors (Lipinski definition) is 0. The minimum Gasteiger partial charge on any atom is -0.340 e. The average molecular weight is 354 g/mol. The monoisotopic (exact) mass is 354 g/mol. The summed E-state index contributed by atoms with van der Waals surface area (Å²) in [5, 5.41) is 4.94. The smallest absolute Gasteiger partial charge is 0.225 e. The lowest BCUT2D eigenvalue weighted by molar-refractivity contribution is -0.133. The molecule has 1 aromatic carbocycles. The number of benzene rings is 1. The molecule has 1 aromatic heterocycles. The molecule has 140 valence electrons. The number of carbonyl (C=O) groups excluding carboxylic acids is 1. The van der Waals surface area contributed by atoms with Crippen LogP contribution in [0.4, 0.5) is 0 Å². The molecule has 2 aromatic rings. The highest BCUT2D eigenvalue weighted by molar-refractivity contribution is 5.77. The highest BCUT2D eigenvalue weighted by Gasteiger charge is 2.26. The van der Waals surface area contributed by atoms with Crippen molar-refractivity contribution in [3.63, 3.8) is 0 Å². The third kappa shape index (κ3) is 3.68. The Bertz CT molecular complexity index is 776. The summed E-state index contributed by atoms with van der Waals surface area (Å²) in [5.74, 6) is 0.161. The van der Waals surface area contributed by atoms with E-state index in [-0.39, 0.29) is 11.8 Å². The van der Waals surface area contributed by atoms with Crippen molar-refractivity contribution in [2.75, 3.05) is 20.1 Å². The molecular formula is C21H30N4O. The summed E-state index contributed by atoms with van der Waals surface area (Å²) in [6, 6.07) is 8.50. The Morgan fingerprint density at radius 2 is 1.96 bits per heavy atom. The van der Waals surface area contributed by atoms with Gasteiger partial charge in [0.25, 0.3) is 0 Å². The quantitative estimate of drug-likeness (QED) is 0.828. The first-order valence-corrected chi connectivity index (χ1v) is 9.54. The van der Waals surface area contributed by atoms with Crippen LogP contribution in [0.2, 0.25) is 0 Å². The van der Waals surface area contributed by atoms with Crippen LogP contribution in [0.25, 0.3) is 5.69 Å². The van der Waals surface area contributed by atoms with Crippen molar-refractivity contribution < 1.29 is 4.79 Å². The van der Waals surface area contributed by atoms with E-state index in [2.05, 4.69) is 47.7 Å². The van der Waals surface area contributed by atoms with Crippen LogP contribution in [-0.4, -0.2) is 45.6 Å². The third-order valence-corrected chi connectivity index (χ3v) is 5.20. The van der Waals surface area contributed by atoms with E-state index < -0.39 is 0 Å². The van der Waals surface area contributed by atoms with Gasteiger partial charge in [0, 0.05) is 38.0 Å². The molecular weight excluding hydrogens is 324 g/mol. The molecule has 0 unspecified atom stereocenters. The molecule has 0 N–H and O–H groups in total. The summed E-state index contributed by atoms with van der Waals surface area (Å²) in [5.41, 5.74) is 5.95. The van der Waals surface area contributed by atoms with Gasteiger partial charge in [-0.25, -0.2) is 4.68 Å². The van der Waals surface area contributed by atoms with E-state index in [0.717, 1.165) is 37.4 Å². The molecule has 0 saturated carbocycles. The molecule has 1 amide bonds. The van der Waals surface area contributed by atoms with Gasteiger partial charge in [-0.2, -0.15) is 5.10 Å². The molecule has 0 atom stereocenters. The summed E-state index contributed by atoms with van der Waals surface area (Å²) in [6.07, 6.45) is 0.992. The number of nitrogens with zero attached hydrogens (tertiary/aromatic N) is 4. The topological polar surface area (TPSA) is 41.4 Å². The molecule has 0 saturated heterocycles. The number of carbonyl (C=O) groups is 1. The summed E-state index contributed by atoms with van der Waals surface area (Å²) >= 11 is 0. The Labute approximate surface area is 156 Å². The highest BCUT2D eigenvalue weighted by atomic mass is 16.2. The van der Waals surface area contributed by atoms with Crippen LogP contribution in [0.1, 0.15) is 43.3 Å². The standard InChI is InChI=1S/C21H30N4O/c1-6-24-12-11-20-18(13-24)19(14-23(5)21(26)15(2)3)22-25(20)17-9-7-16(4)8-10-17/h7-10,15H,6,11-14H2,1-5H3. The molecule has 2 heterocycles. The number of fused-ring (bicyclic) bond motifs is 1. The van der Waals surface area contributed by atoms with Gasteiger partial charge in [-0.05, 0) is 25.6 Å². The van der Waals surface area contributed by atoms with Gasteiger partial charge in [0.2, 0.25) is 5.91 Å². The molecule has 5 nitrogen and oxygen atoms in total. The Hall–Kier alpha value is -2.14.